The van der Waals surface area contributed by atoms with Gasteiger partial charge in [-0.2, -0.15) is 0 Å². The molecule has 0 aliphatic heterocycles. The molecule has 0 aromatic rings. The van der Waals surface area contributed by atoms with E-state index in [9.17, 15) is 0 Å². The lowest BCUT2D eigenvalue weighted by atomic mass is 10.4. The van der Waals surface area contributed by atoms with Crippen LogP contribution >= 0.6 is 11.8 Å². The Bertz CT molecular complexity index is 56.9. The van der Waals surface area contributed by atoms with Gasteiger partial charge in [-0.05, 0) is 18.6 Å². The summed E-state index contributed by atoms with van der Waals surface area (Å²) in [5.74, 6) is 1.08. The monoisotopic (exact) mass is 148 g/mol. The molecule has 0 fully saturated rings. The third-order valence-electron chi connectivity index (χ3n) is 1.05. The summed E-state index contributed by atoms with van der Waals surface area (Å²) in [7, 11) is 0. The van der Waals surface area contributed by atoms with Gasteiger partial charge >= 0.3 is 0 Å². The molecule has 1 N–H and O–H groups in total. The van der Waals surface area contributed by atoms with Crippen LogP contribution in [-0.4, -0.2) is 16.3 Å². The quantitative estimate of drug-likeness (QED) is 0.603. The summed E-state index contributed by atoms with van der Waals surface area (Å²) in [5.41, 5.74) is -0.116. The van der Waals surface area contributed by atoms with Gasteiger partial charge < -0.3 is 5.11 Å². The van der Waals surface area contributed by atoms with Crippen molar-refractivity contribution in [2.24, 2.45) is 0 Å². The largest absolute Gasteiger partial charge is 0.382 e. The maximum atomic E-state index is 9.14. The van der Waals surface area contributed by atoms with E-state index in [1.54, 1.807) is 11.8 Å². The zero-order valence-electron chi connectivity index (χ0n) is 6.26. The Morgan fingerprint density at radius 1 is 1.33 bits per heavy atom. The first-order chi connectivity index (χ1) is 4.31. The van der Waals surface area contributed by atoms with Crippen molar-refractivity contribution in [1.82, 2.24) is 0 Å². The number of rotatable bonds is 5. The molecule has 0 bridgehead atoms. The van der Waals surface area contributed by atoms with Crippen molar-refractivity contribution in [1.29, 1.82) is 0 Å². The van der Waals surface area contributed by atoms with Crippen molar-refractivity contribution in [2.75, 3.05) is 5.75 Å². The van der Waals surface area contributed by atoms with Crippen molar-refractivity contribution in [3.05, 3.63) is 0 Å². The van der Waals surface area contributed by atoms with E-state index in [0.717, 1.165) is 25.0 Å². The second-order valence-electron chi connectivity index (χ2n) is 2.11. The summed E-state index contributed by atoms with van der Waals surface area (Å²) in [6, 6.07) is 0. The van der Waals surface area contributed by atoms with Crippen LogP contribution < -0.4 is 0 Å². The molecule has 0 amide bonds. The lowest BCUT2D eigenvalue weighted by molar-refractivity contribution is 0.251. The normalized spacial score (nSPS) is 13.7. The Hall–Kier alpha value is 0.310. The van der Waals surface area contributed by atoms with Crippen LogP contribution in [-0.2, 0) is 0 Å². The second kappa shape index (κ2) is 6.43. The molecule has 1 atom stereocenters. The van der Waals surface area contributed by atoms with Crippen molar-refractivity contribution in [3.8, 4) is 0 Å². The molecule has 56 valence electrons. The van der Waals surface area contributed by atoms with Gasteiger partial charge in [0.25, 0.3) is 0 Å². The Balaban J connectivity index is 2.95. The average Bonchev–Trinajstić information content (AvgIpc) is 1.85. The van der Waals surface area contributed by atoms with Crippen LogP contribution in [0.15, 0.2) is 0 Å². The fourth-order valence-electron chi connectivity index (χ4n) is 0.584. The summed E-state index contributed by atoms with van der Waals surface area (Å²) in [5, 5.41) is 9.14. The molecule has 1 nitrogen and oxygen atoms in total. The van der Waals surface area contributed by atoms with Gasteiger partial charge in [0, 0.05) is 0 Å². The maximum Gasteiger partial charge on any atom is 0.0992 e. The molecule has 0 aliphatic rings. The van der Waals surface area contributed by atoms with Gasteiger partial charge in [0.15, 0.2) is 0 Å². The fraction of sp³-hybridized carbons (Fsp3) is 1.00. The molecule has 0 rings (SSSR count). The van der Waals surface area contributed by atoms with Gasteiger partial charge in [0.1, 0.15) is 0 Å². The Kier molecular flexibility index (Phi) is 6.65. The highest BCUT2D eigenvalue weighted by Gasteiger charge is 1.99. The van der Waals surface area contributed by atoms with Gasteiger partial charge in [-0.3, -0.25) is 0 Å². The molecule has 1 unspecified atom stereocenters. The minimum atomic E-state index is -0.116. The van der Waals surface area contributed by atoms with Crippen LogP contribution in [0, 0.1) is 0 Å². The molecule has 9 heavy (non-hydrogen) atoms. The van der Waals surface area contributed by atoms with E-state index in [1.165, 1.54) is 0 Å². The van der Waals surface area contributed by atoms with Crippen molar-refractivity contribution >= 4 is 11.8 Å². The minimum Gasteiger partial charge on any atom is -0.382 e. The Morgan fingerprint density at radius 2 is 2.00 bits per heavy atom. The van der Waals surface area contributed by atoms with E-state index in [4.69, 9.17) is 5.11 Å². The molecule has 0 aromatic heterocycles. The second-order valence-corrected chi connectivity index (χ2v) is 3.40. The van der Waals surface area contributed by atoms with Gasteiger partial charge in [0.2, 0.25) is 0 Å². The smallest absolute Gasteiger partial charge is 0.0992 e. The predicted octanol–water partition coefficient (Wildman–Crippen LogP) is 2.25. The molecule has 2 heteroatoms. The van der Waals surface area contributed by atoms with E-state index in [1.807, 2.05) is 0 Å². The Morgan fingerprint density at radius 3 is 2.44 bits per heavy atom. The van der Waals surface area contributed by atoms with Crippen LogP contribution in [0.1, 0.15) is 33.1 Å². The summed E-state index contributed by atoms with van der Waals surface area (Å²) >= 11 is 1.66. The highest BCUT2D eigenvalue weighted by atomic mass is 32.2. The standard InChI is InChI=1S/C7H16OS/c1-3-5-7(8)9-6-4-2/h7-8H,3-6H2,1-2H3. The summed E-state index contributed by atoms with van der Waals surface area (Å²) < 4.78 is 0. The number of hydrogen-bond acceptors (Lipinski definition) is 2. The van der Waals surface area contributed by atoms with Gasteiger partial charge in [-0.25, -0.2) is 0 Å². The number of thioether (sulfide) groups is 1. The lowest BCUT2D eigenvalue weighted by Gasteiger charge is -2.06. The highest BCUT2D eigenvalue weighted by molar-refractivity contribution is 7.99. The van der Waals surface area contributed by atoms with E-state index < -0.39 is 0 Å². The SMILES string of the molecule is CCCSC(O)CCC. The van der Waals surface area contributed by atoms with Crippen molar-refractivity contribution in [3.63, 3.8) is 0 Å². The molecule has 0 spiro atoms. The molecule has 0 aliphatic carbocycles. The lowest BCUT2D eigenvalue weighted by Crippen LogP contribution is -1.99. The fourth-order valence-corrected chi connectivity index (χ4v) is 1.49. The maximum absolute atomic E-state index is 9.14. The topological polar surface area (TPSA) is 20.2 Å². The summed E-state index contributed by atoms with van der Waals surface area (Å²) in [6.07, 6.45) is 3.17. The zero-order chi connectivity index (χ0) is 7.11. The molecular weight excluding hydrogens is 132 g/mol. The third-order valence-corrected chi connectivity index (χ3v) is 2.31. The van der Waals surface area contributed by atoms with E-state index >= 15 is 0 Å². The third kappa shape index (κ3) is 6.19. The molecule has 0 saturated heterocycles. The van der Waals surface area contributed by atoms with E-state index in [0.29, 0.717) is 0 Å². The van der Waals surface area contributed by atoms with Crippen molar-refractivity contribution in [2.45, 2.75) is 38.5 Å². The average molecular weight is 148 g/mol. The first-order valence-electron chi connectivity index (χ1n) is 3.61. The van der Waals surface area contributed by atoms with E-state index in [2.05, 4.69) is 13.8 Å². The van der Waals surface area contributed by atoms with Crippen LogP contribution in [0.3, 0.4) is 0 Å². The summed E-state index contributed by atoms with van der Waals surface area (Å²) in [6.45, 7) is 4.22. The highest BCUT2D eigenvalue weighted by Crippen LogP contribution is 2.13. The van der Waals surface area contributed by atoms with Crippen molar-refractivity contribution < 1.29 is 5.11 Å². The molecule has 0 aromatic carbocycles. The minimum absolute atomic E-state index is 0.116. The number of aliphatic hydroxyl groups is 1. The van der Waals surface area contributed by atoms with Gasteiger partial charge in [-0.1, -0.05) is 20.3 Å². The predicted molar refractivity (Wildman–Crippen MR) is 43.7 cm³/mol. The van der Waals surface area contributed by atoms with Crippen LogP contribution in [0.4, 0.5) is 0 Å². The first kappa shape index (κ1) is 9.31. The number of hydrogen-bond donors (Lipinski definition) is 1. The van der Waals surface area contributed by atoms with Gasteiger partial charge in [0.05, 0.1) is 5.44 Å². The first-order valence-corrected chi connectivity index (χ1v) is 4.65. The van der Waals surface area contributed by atoms with E-state index in [-0.39, 0.29) is 5.44 Å². The molecular formula is C7H16OS. The van der Waals surface area contributed by atoms with Crippen LogP contribution in [0.5, 0.6) is 0 Å². The molecule has 0 heterocycles. The van der Waals surface area contributed by atoms with Crippen LogP contribution in [0.25, 0.3) is 0 Å². The number of aliphatic hydroxyl groups excluding tert-OH is 1. The Labute approximate surface area is 61.8 Å². The summed E-state index contributed by atoms with van der Waals surface area (Å²) in [4.78, 5) is 0. The molecule has 0 radical (unpaired) electrons. The van der Waals surface area contributed by atoms with Crippen LogP contribution in [0.2, 0.25) is 0 Å². The van der Waals surface area contributed by atoms with Gasteiger partial charge in [-0.15, -0.1) is 11.8 Å². The molecule has 0 saturated carbocycles. The zero-order valence-corrected chi connectivity index (χ0v) is 7.08.